The lowest BCUT2D eigenvalue weighted by Gasteiger charge is -2.13. The molecule has 0 aliphatic carbocycles. The Morgan fingerprint density at radius 3 is 1.79 bits per heavy atom. The highest BCUT2D eigenvalue weighted by Crippen LogP contribution is 2.38. The first kappa shape index (κ1) is 34.3. The van der Waals surface area contributed by atoms with Gasteiger partial charge < -0.3 is 4.57 Å². The van der Waals surface area contributed by atoms with Crippen LogP contribution in [-0.4, -0.2) is 19.5 Å². The van der Waals surface area contributed by atoms with Crippen LogP contribution in [0.4, 0.5) is 0 Å². The molecule has 0 amide bonds. The molecule has 3 heterocycles. The molecule has 0 atom stereocenters. The van der Waals surface area contributed by atoms with Gasteiger partial charge in [-0.05, 0) is 70.8 Å². The molecule has 0 bridgehead atoms. The average molecular weight is 749 g/mol. The Morgan fingerprint density at radius 2 is 1.07 bits per heavy atom. The summed E-state index contributed by atoms with van der Waals surface area (Å²) in [5, 5.41) is 4.45. The number of thiophene rings is 1. The Kier molecular flexibility index (Phi) is 8.70. The van der Waals surface area contributed by atoms with E-state index in [9.17, 15) is 0 Å². The highest BCUT2D eigenvalue weighted by atomic mass is 32.1. The monoisotopic (exact) mass is 748 g/mol. The lowest BCUT2D eigenvalue weighted by molar-refractivity contribution is 1.07. The molecule has 0 radical (unpaired) electrons. The number of fused-ring (bicyclic) bond motifs is 4. The molecular weight excluding hydrogens is 713 g/mol. The average Bonchev–Trinajstić information content (AvgIpc) is 3.79. The molecule has 0 fully saturated rings. The zero-order valence-electron chi connectivity index (χ0n) is 31.3. The van der Waals surface area contributed by atoms with Crippen LogP contribution in [0.25, 0.3) is 107 Å². The van der Waals surface area contributed by atoms with E-state index in [2.05, 4.69) is 169 Å². The summed E-state index contributed by atoms with van der Waals surface area (Å²) in [6.07, 6.45) is 6.27. The molecule has 10 rings (SSSR count). The van der Waals surface area contributed by atoms with Crippen LogP contribution in [-0.2, 0) is 0 Å². The van der Waals surface area contributed by atoms with Crippen molar-refractivity contribution in [1.82, 2.24) is 19.5 Å². The standard InChI is InChI=1S/C52H36N4S/c1-3-4-27-48-34(2)44-32-41(56-46-26-15-14-25-42(46)43-29-28-39(31-47(43)56)36-19-10-6-11-20-36)33-45(49(44)57-48)52-54-50(37-21-12-7-13-22-37)53-51(55-52)40-24-16-23-38(30-40)35-17-8-5-9-18-35/h3-33H,2H2,1H3/b4-3-,48-27+. The van der Waals surface area contributed by atoms with Gasteiger partial charge >= 0.3 is 0 Å². The van der Waals surface area contributed by atoms with E-state index in [1.807, 2.05) is 37.3 Å². The lowest BCUT2D eigenvalue weighted by Crippen LogP contribution is -2.15. The fourth-order valence-electron chi connectivity index (χ4n) is 7.73. The van der Waals surface area contributed by atoms with E-state index in [1.54, 1.807) is 11.3 Å². The Balaban J connectivity index is 1.27. The molecule has 57 heavy (non-hydrogen) atoms. The predicted molar refractivity (Wildman–Crippen MR) is 241 cm³/mol. The van der Waals surface area contributed by atoms with Crippen LogP contribution < -0.4 is 9.75 Å². The second-order valence-electron chi connectivity index (χ2n) is 14.1. The van der Waals surface area contributed by atoms with Gasteiger partial charge in [0.1, 0.15) is 0 Å². The van der Waals surface area contributed by atoms with Crippen molar-refractivity contribution in [2.45, 2.75) is 6.92 Å². The van der Waals surface area contributed by atoms with Gasteiger partial charge in [-0.3, -0.25) is 0 Å². The molecular formula is C52H36N4S. The second kappa shape index (κ2) is 14.5. The summed E-state index contributed by atoms with van der Waals surface area (Å²) < 4.78 is 4.57. The first-order chi connectivity index (χ1) is 28.1. The maximum Gasteiger partial charge on any atom is 0.165 e. The summed E-state index contributed by atoms with van der Waals surface area (Å²) >= 11 is 1.72. The number of para-hydroxylation sites is 1. The summed E-state index contributed by atoms with van der Waals surface area (Å²) in [5.74, 6) is 1.85. The molecule has 270 valence electrons. The molecule has 0 saturated carbocycles. The highest BCUT2D eigenvalue weighted by Gasteiger charge is 2.20. The summed E-state index contributed by atoms with van der Waals surface area (Å²) in [6, 6.07) is 59.6. The fourth-order valence-corrected chi connectivity index (χ4v) is 8.89. The zero-order chi connectivity index (χ0) is 38.3. The fraction of sp³-hybridized carbons (Fsp3) is 0.0192. The number of benzene rings is 7. The van der Waals surface area contributed by atoms with Gasteiger partial charge in [0.25, 0.3) is 0 Å². The largest absolute Gasteiger partial charge is 0.309 e. The van der Waals surface area contributed by atoms with Crippen LogP contribution in [0.2, 0.25) is 0 Å². The van der Waals surface area contributed by atoms with Gasteiger partial charge in [0.15, 0.2) is 17.5 Å². The molecule has 5 heteroatoms. The molecule has 3 aromatic heterocycles. The number of rotatable bonds is 7. The molecule has 0 aliphatic heterocycles. The van der Waals surface area contributed by atoms with Crippen molar-refractivity contribution in [1.29, 1.82) is 0 Å². The maximum atomic E-state index is 5.32. The first-order valence-electron chi connectivity index (χ1n) is 19.1. The molecule has 4 nitrogen and oxygen atoms in total. The van der Waals surface area contributed by atoms with Gasteiger partial charge in [0.05, 0.1) is 11.0 Å². The Morgan fingerprint density at radius 1 is 0.491 bits per heavy atom. The molecule has 10 aromatic rings. The van der Waals surface area contributed by atoms with Crippen molar-refractivity contribution >= 4 is 55.9 Å². The van der Waals surface area contributed by atoms with Gasteiger partial charge in [-0.2, -0.15) is 0 Å². The minimum atomic E-state index is 0.611. The zero-order valence-corrected chi connectivity index (χ0v) is 32.1. The minimum Gasteiger partial charge on any atom is -0.309 e. The van der Waals surface area contributed by atoms with Crippen molar-refractivity contribution < 1.29 is 0 Å². The molecule has 0 unspecified atom stereocenters. The Hall–Kier alpha value is -7.21. The summed E-state index contributed by atoms with van der Waals surface area (Å²) in [5.41, 5.74) is 10.6. The van der Waals surface area contributed by atoms with Crippen molar-refractivity contribution in [2.75, 3.05) is 0 Å². The third kappa shape index (κ3) is 6.24. The maximum absolute atomic E-state index is 5.32. The number of hydrogen-bond donors (Lipinski definition) is 0. The molecule has 0 aliphatic rings. The third-order valence-electron chi connectivity index (χ3n) is 10.5. The van der Waals surface area contributed by atoms with Gasteiger partial charge in [-0.15, -0.1) is 11.3 Å². The van der Waals surface area contributed by atoms with Crippen molar-refractivity contribution in [3.05, 3.63) is 192 Å². The van der Waals surface area contributed by atoms with Crippen molar-refractivity contribution in [3.63, 3.8) is 0 Å². The van der Waals surface area contributed by atoms with Gasteiger partial charge in [-0.25, -0.2) is 15.0 Å². The van der Waals surface area contributed by atoms with E-state index in [0.717, 1.165) is 69.9 Å². The van der Waals surface area contributed by atoms with Crippen LogP contribution in [0.1, 0.15) is 6.92 Å². The topological polar surface area (TPSA) is 43.6 Å². The van der Waals surface area contributed by atoms with Gasteiger partial charge in [-0.1, -0.05) is 158 Å². The highest BCUT2D eigenvalue weighted by molar-refractivity contribution is 7.17. The minimum absolute atomic E-state index is 0.611. The molecule has 0 spiro atoms. The van der Waals surface area contributed by atoms with Crippen molar-refractivity contribution in [3.8, 4) is 62.1 Å². The van der Waals surface area contributed by atoms with E-state index in [1.165, 1.54) is 16.3 Å². The van der Waals surface area contributed by atoms with Crippen LogP contribution >= 0.6 is 11.3 Å². The van der Waals surface area contributed by atoms with E-state index in [4.69, 9.17) is 15.0 Å². The van der Waals surface area contributed by atoms with E-state index >= 15 is 0 Å². The lowest BCUT2D eigenvalue weighted by atomic mass is 10.0. The van der Waals surface area contributed by atoms with Crippen LogP contribution in [0, 0.1) is 0 Å². The number of hydrogen-bond acceptors (Lipinski definition) is 4. The van der Waals surface area contributed by atoms with Gasteiger partial charge in [0, 0.05) is 47.8 Å². The van der Waals surface area contributed by atoms with Crippen LogP contribution in [0.15, 0.2) is 182 Å². The third-order valence-corrected chi connectivity index (χ3v) is 11.8. The number of aromatic nitrogens is 4. The van der Waals surface area contributed by atoms with E-state index in [0.29, 0.717) is 17.5 Å². The Bertz CT molecular complexity index is 3250. The Labute approximate surface area is 334 Å². The molecule has 0 N–H and O–H groups in total. The SMILES string of the molecule is C=c1/c(=C\C=C/C)sc2c(-c3nc(-c4ccccc4)nc(-c4cccc(-c5ccccc5)c4)n3)cc(-n3c4ccccc4c4ccc(-c5ccccc5)cc43)cc12. The van der Waals surface area contributed by atoms with E-state index < -0.39 is 0 Å². The van der Waals surface area contributed by atoms with E-state index in [-0.39, 0.29) is 0 Å². The predicted octanol–water partition coefficient (Wildman–Crippen LogP) is 12.3. The first-order valence-corrected chi connectivity index (χ1v) is 19.9. The molecule has 0 saturated heterocycles. The quantitative estimate of drug-likeness (QED) is 0.163. The normalized spacial score (nSPS) is 12.1. The van der Waals surface area contributed by atoms with Gasteiger partial charge in [0.2, 0.25) is 0 Å². The smallest absolute Gasteiger partial charge is 0.165 e. The summed E-state index contributed by atoms with van der Waals surface area (Å²) in [7, 11) is 0. The molecule has 7 aromatic carbocycles. The van der Waals surface area contributed by atoms with Crippen LogP contribution in [0.5, 0.6) is 0 Å². The van der Waals surface area contributed by atoms with Crippen LogP contribution in [0.3, 0.4) is 0 Å². The summed E-state index contributed by atoms with van der Waals surface area (Å²) in [6.45, 7) is 6.68. The number of allylic oxidation sites excluding steroid dienone is 2. The van der Waals surface area contributed by atoms with Crippen molar-refractivity contribution in [2.24, 2.45) is 0 Å². The number of nitrogens with zero attached hydrogens (tertiary/aromatic N) is 4. The second-order valence-corrected chi connectivity index (χ2v) is 15.1. The summed E-state index contributed by atoms with van der Waals surface area (Å²) in [4.78, 5) is 15.7.